The molecule has 0 fully saturated rings. The molecule has 1 aliphatic rings. The predicted octanol–water partition coefficient (Wildman–Crippen LogP) is 2.09. The molecule has 0 bridgehead atoms. The van der Waals surface area contributed by atoms with E-state index >= 15 is 0 Å². The first-order valence-electron chi connectivity index (χ1n) is 7.93. The highest BCUT2D eigenvalue weighted by Crippen LogP contribution is 2.19. The number of hydrogen-bond donors (Lipinski definition) is 2. The summed E-state index contributed by atoms with van der Waals surface area (Å²) < 4.78 is 0. The molecule has 1 aliphatic carbocycles. The monoisotopic (exact) mass is 282 g/mol. The van der Waals surface area contributed by atoms with E-state index < -0.39 is 0 Å². The predicted molar refractivity (Wildman–Crippen MR) is 82.6 cm³/mol. The van der Waals surface area contributed by atoms with Gasteiger partial charge in [-0.3, -0.25) is 9.69 Å². The van der Waals surface area contributed by atoms with Gasteiger partial charge in [0, 0.05) is 25.7 Å². The fourth-order valence-electron chi connectivity index (χ4n) is 2.53. The minimum Gasteiger partial charge on any atom is -0.396 e. The smallest absolute Gasteiger partial charge is 0.234 e. The Kier molecular flexibility index (Phi) is 8.54. The van der Waals surface area contributed by atoms with Crippen molar-refractivity contribution in [2.75, 3.05) is 26.2 Å². The summed E-state index contributed by atoms with van der Waals surface area (Å²) in [6.45, 7) is 6.29. The highest BCUT2D eigenvalue weighted by atomic mass is 16.3. The topological polar surface area (TPSA) is 52.6 Å². The van der Waals surface area contributed by atoms with Gasteiger partial charge in [0.1, 0.15) is 0 Å². The molecular weight excluding hydrogens is 252 g/mol. The molecule has 0 saturated carbocycles. The molecule has 4 heteroatoms. The lowest BCUT2D eigenvalue weighted by Crippen LogP contribution is -2.41. The number of amides is 1. The maximum Gasteiger partial charge on any atom is 0.234 e. The number of allylic oxidation sites excluding steroid dienone is 1. The Labute approximate surface area is 123 Å². The minimum absolute atomic E-state index is 0.0908. The SMILES string of the molecule is CC(C)N(CCCO)CC(=O)NCCC1=CCCCC1. The largest absolute Gasteiger partial charge is 0.396 e. The fraction of sp³-hybridized carbons (Fsp3) is 0.812. The molecule has 0 aliphatic heterocycles. The Morgan fingerprint density at radius 2 is 2.25 bits per heavy atom. The fourth-order valence-corrected chi connectivity index (χ4v) is 2.53. The Balaban J connectivity index is 2.21. The van der Waals surface area contributed by atoms with E-state index in [1.54, 1.807) is 0 Å². The highest BCUT2D eigenvalue weighted by Gasteiger charge is 2.13. The van der Waals surface area contributed by atoms with Crippen LogP contribution < -0.4 is 5.32 Å². The molecule has 1 rings (SSSR count). The summed E-state index contributed by atoms with van der Waals surface area (Å²) in [6.07, 6.45) is 9.04. The second-order valence-electron chi connectivity index (χ2n) is 5.85. The number of aliphatic hydroxyl groups excluding tert-OH is 1. The molecular formula is C16H30N2O2. The van der Waals surface area contributed by atoms with Crippen LogP contribution in [0.5, 0.6) is 0 Å². The quantitative estimate of drug-likeness (QED) is 0.637. The van der Waals surface area contributed by atoms with E-state index in [2.05, 4.69) is 30.1 Å². The first kappa shape index (κ1) is 17.2. The van der Waals surface area contributed by atoms with E-state index in [-0.39, 0.29) is 12.5 Å². The number of nitrogens with zero attached hydrogens (tertiary/aromatic N) is 1. The molecule has 1 amide bonds. The second kappa shape index (κ2) is 9.94. The van der Waals surface area contributed by atoms with E-state index in [4.69, 9.17) is 5.11 Å². The van der Waals surface area contributed by atoms with Crippen molar-refractivity contribution in [2.24, 2.45) is 0 Å². The standard InChI is InChI=1S/C16H30N2O2/c1-14(2)18(11-6-12-19)13-16(20)17-10-9-15-7-4-3-5-8-15/h7,14,19H,3-6,8-13H2,1-2H3,(H,17,20). The number of rotatable bonds is 9. The molecule has 0 unspecified atom stereocenters. The molecule has 2 N–H and O–H groups in total. The van der Waals surface area contributed by atoms with Crippen molar-refractivity contribution >= 4 is 5.91 Å². The average Bonchev–Trinajstić information content (AvgIpc) is 2.44. The number of aliphatic hydroxyl groups is 1. The summed E-state index contributed by atoms with van der Waals surface area (Å²) in [5.41, 5.74) is 1.50. The zero-order valence-corrected chi connectivity index (χ0v) is 13.0. The molecule has 0 aromatic heterocycles. The van der Waals surface area contributed by atoms with Crippen LogP contribution in [0, 0.1) is 0 Å². The van der Waals surface area contributed by atoms with Gasteiger partial charge >= 0.3 is 0 Å². The average molecular weight is 282 g/mol. The molecule has 0 spiro atoms. The lowest BCUT2D eigenvalue weighted by atomic mass is 9.97. The van der Waals surface area contributed by atoms with Crippen molar-refractivity contribution in [3.05, 3.63) is 11.6 Å². The van der Waals surface area contributed by atoms with Crippen molar-refractivity contribution in [1.29, 1.82) is 0 Å². The van der Waals surface area contributed by atoms with Gasteiger partial charge in [-0.1, -0.05) is 11.6 Å². The second-order valence-corrected chi connectivity index (χ2v) is 5.85. The van der Waals surface area contributed by atoms with Gasteiger partial charge in [0.05, 0.1) is 6.54 Å². The van der Waals surface area contributed by atoms with Crippen molar-refractivity contribution in [1.82, 2.24) is 10.2 Å². The Bertz CT molecular complexity index is 314. The molecule has 0 heterocycles. The van der Waals surface area contributed by atoms with Crippen LogP contribution in [0.4, 0.5) is 0 Å². The van der Waals surface area contributed by atoms with Crippen molar-refractivity contribution in [3.63, 3.8) is 0 Å². The van der Waals surface area contributed by atoms with Crippen LogP contribution in [0.25, 0.3) is 0 Å². The van der Waals surface area contributed by atoms with E-state index in [1.165, 1.54) is 31.3 Å². The van der Waals surface area contributed by atoms with Crippen LogP contribution in [-0.2, 0) is 4.79 Å². The third-order valence-electron chi connectivity index (χ3n) is 3.83. The van der Waals surface area contributed by atoms with Crippen LogP contribution in [0.3, 0.4) is 0 Å². The first-order chi connectivity index (χ1) is 9.63. The summed E-state index contributed by atoms with van der Waals surface area (Å²) in [4.78, 5) is 14.0. The van der Waals surface area contributed by atoms with Gasteiger partial charge in [-0.15, -0.1) is 0 Å². The number of carbonyl (C=O) groups excluding carboxylic acids is 1. The van der Waals surface area contributed by atoms with Gasteiger partial charge in [-0.25, -0.2) is 0 Å². The van der Waals surface area contributed by atoms with Crippen LogP contribution in [0.1, 0.15) is 52.4 Å². The van der Waals surface area contributed by atoms with E-state index in [0.29, 0.717) is 12.6 Å². The Morgan fingerprint density at radius 3 is 2.85 bits per heavy atom. The van der Waals surface area contributed by atoms with E-state index in [0.717, 1.165) is 25.9 Å². The summed E-state index contributed by atoms with van der Waals surface area (Å²) in [7, 11) is 0. The molecule has 0 atom stereocenters. The van der Waals surface area contributed by atoms with E-state index in [9.17, 15) is 4.79 Å². The van der Waals surface area contributed by atoms with Crippen molar-refractivity contribution in [3.8, 4) is 0 Å². The van der Waals surface area contributed by atoms with Gasteiger partial charge in [0.2, 0.25) is 5.91 Å². The maximum atomic E-state index is 11.9. The van der Waals surface area contributed by atoms with Gasteiger partial charge in [-0.05, 0) is 52.4 Å². The molecule has 116 valence electrons. The summed E-state index contributed by atoms with van der Waals surface area (Å²) >= 11 is 0. The number of hydrogen-bond acceptors (Lipinski definition) is 3. The molecule has 0 radical (unpaired) electrons. The zero-order chi connectivity index (χ0) is 14.8. The van der Waals surface area contributed by atoms with Gasteiger partial charge in [0.15, 0.2) is 0 Å². The third kappa shape index (κ3) is 7.06. The molecule has 0 saturated heterocycles. The minimum atomic E-state index is 0.0908. The van der Waals surface area contributed by atoms with Gasteiger partial charge < -0.3 is 10.4 Å². The van der Waals surface area contributed by atoms with E-state index in [1.807, 2.05) is 0 Å². The lowest BCUT2D eigenvalue weighted by Gasteiger charge is -2.25. The zero-order valence-electron chi connectivity index (χ0n) is 13.0. The van der Waals surface area contributed by atoms with Gasteiger partial charge in [-0.2, -0.15) is 0 Å². The highest BCUT2D eigenvalue weighted by molar-refractivity contribution is 5.78. The van der Waals surface area contributed by atoms with Crippen LogP contribution in [-0.4, -0.2) is 48.2 Å². The molecule has 0 aromatic rings. The molecule has 4 nitrogen and oxygen atoms in total. The lowest BCUT2D eigenvalue weighted by molar-refractivity contribution is -0.122. The Morgan fingerprint density at radius 1 is 1.45 bits per heavy atom. The third-order valence-corrected chi connectivity index (χ3v) is 3.83. The van der Waals surface area contributed by atoms with Crippen LogP contribution in [0.15, 0.2) is 11.6 Å². The number of carbonyl (C=O) groups is 1. The van der Waals surface area contributed by atoms with Crippen LogP contribution >= 0.6 is 0 Å². The van der Waals surface area contributed by atoms with Crippen LogP contribution in [0.2, 0.25) is 0 Å². The maximum absolute atomic E-state index is 11.9. The first-order valence-corrected chi connectivity index (χ1v) is 7.93. The van der Waals surface area contributed by atoms with Crippen molar-refractivity contribution < 1.29 is 9.90 Å². The Hall–Kier alpha value is -0.870. The summed E-state index contributed by atoms with van der Waals surface area (Å²) in [5, 5.41) is 11.9. The molecule has 0 aromatic carbocycles. The number of nitrogens with one attached hydrogen (secondary N) is 1. The summed E-state index contributed by atoms with van der Waals surface area (Å²) in [5.74, 6) is 0.0908. The van der Waals surface area contributed by atoms with Crippen molar-refractivity contribution in [2.45, 2.75) is 58.4 Å². The normalized spacial score (nSPS) is 15.6. The van der Waals surface area contributed by atoms with Gasteiger partial charge in [0.25, 0.3) is 0 Å². The summed E-state index contributed by atoms with van der Waals surface area (Å²) in [6, 6.07) is 0.327. The molecule has 20 heavy (non-hydrogen) atoms.